The first-order chi connectivity index (χ1) is 9.52. The molecular weight excluding hydrogens is 260 g/mol. The molecule has 6 heteroatoms. The van der Waals surface area contributed by atoms with Crippen LogP contribution in [-0.4, -0.2) is 46.9 Å². The maximum atomic E-state index is 12.0. The van der Waals surface area contributed by atoms with Gasteiger partial charge in [0.1, 0.15) is 6.04 Å². The summed E-state index contributed by atoms with van der Waals surface area (Å²) in [6, 6.07) is 6.09. The summed E-state index contributed by atoms with van der Waals surface area (Å²) in [6.45, 7) is 2.26. The lowest BCUT2D eigenvalue weighted by atomic mass is 10.1. The van der Waals surface area contributed by atoms with Crippen molar-refractivity contribution < 1.29 is 19.5 Å². The molecule has 0 radical (unpaired) electrons. The molecule has 0 saturated carbocycles. The van der Waals surface area contributed by atoms with E-state index in [-0.39, 0.29) is 18.4 Å². The van der Waals surface area contributed by atoms with Crippen LogP contribution in [0.5, 0.6) is 0 Å². The Labute approximate surface area is 116 Å². The van der Waals surface area contributed by atoms with Crippen LogP contribution in [0.15, 0.2) is 24.3 Å². The third-order valence-electron chi connectivity index (χ3n) is 3.26. The van der Waals surface area contributed by atoms with Crippen LogP contribution in [0.25, 0.3) is 0 Å². The van der Waals surface area contributed by atoms with E-state index < -0.39 is 12.0 Å². The molecule has 2 rings (SSSR count). The fourth-order valence-electron chi connectivity index (χ4n) is 2.09. The largest absolute Gasteiger partial charge is 0.480 e. The maximum Gasteiger partial charge on any atom is 0.320 e. The molecule has 0 aliphatic carbocycles. The Balaban J connectivity index is 1.88. The highest BCUT2D eigenvalue weighted by Crippen LogP contribution is 2.22. The number of hydrogen-bond acceptors (Lipinski definition) is 4. The monoisotopic (exact) mass is 276 g/mol. The van der Waals surface area contributed by atoms with Gasteiger partial charge in [0.05, 0.1) is 11.1 Å². The van der Waals surface area contributed by atoms with E-state index in [1.165, 1.54) is 4.90 Å². The van der Waals surface area contributed by atoms with Crippen LogP contribution in [0, 0.1) is 0 Å². The highest BCUT2D eigenvalue weighted by Gasteiger charge is 2.34. The third-order valence-corrected chi connectivity index (χ3v) is 3.26. The van der Waals surface area contributed by atoms with Gasteiger partial charge in [0.2, 0.25) is 0 Å². The average molecular weight is 276 g/mol. The second kappa shape index (κ2) is 5.83. The minimum Gasteiger partial charge on any atom is -0.480 e. The van der Waals surface area contributed by atoms with Crippen LogP contribution in [0.4, 0.5) is 0 Å². The minimum atomic E-state index is -0.925. The molecule has 1 heterocycles. The quantitative estimate of drug-likeness (QED) is 0.591. The molecule has 1 aromatic rings. The number of aliphatic carboxylic acids is 1. The van der Waals surface area contributed by atoms with Crippen LogP contribution >= 0.6 is 0 Å². The van der Waals surface area contributed by atoms with E-state index in [1.54, 1.807) is 31.2 Å². The van der Waals surface area contributed by atoms with Gasteiger partial charge in [-0.25, -0.2) is 0 Å². The lowest BCUT2D eigenvalue weighted by Gasteiger charge is -2.14. The molecule has 0 fully saturated rings. The summed E-state index contributed by atoms with van der Waals surface area (Å²) in [4.78, 5) is 35.9. The fourth-order valence-corrected chi connectivity index (χ4v) is 2.09. The van der Waals surface area contributed by atoms with Gasteiger partial charge in [-0.15, -0.1) is 0 Å². The number of hydrogen-bond donors (Lipinski definition) is 2. The third kappa shape index (κ3) is 2.70. The second-order valence-corrected chi connectivity index (χ2v) is 4.68. The topological polar surface area (TPSA) is 86.7 Å². The number of nitrogens with zero attached hydrogens (tertiary/aromatic N) is 1. The van der Waals surface area contributed by atoms with Crippen LogP contribution in [0.3, 0.4) is 0 Å². The number of carboxylic acids is 1. The van der Waals surface area contributed by atoms with Gasteiger partial charge in [-0.3, -0.25) is 19.3 Å². The number of rotatable bonds is 6. The van der Waals surface area contributed by atoms with E-state index >= 15 is 0 Å². The van der Waals surface area contributed by atoms with Crippen LogP contribution in [0.1, 0.15) is 34.1 Å². The molecule has 0 unspecified atom stereocenters. The van der Waals surface area contributed by atoms with E-state index in [2.05, 4.69) is 5.32 Å². The zero-order chi connectivity index (χ0) is 14.7. The average Bonchev–Trinajstić information content (AvgIpc) is 2.68. The molecule has 0 saturated heterocycles. The Kier molecular flexibility index (Phi) is 4.14. The van der Waals surface area contributed by atoms with E-state index in [4.69, 9.17) is 5.11 Å². The zero-order valence-electron chi connectivity index (χ0n) is 11.1. The van der Waals surface area contributed by atoms with Crippen molar-refractivity contribution in [1.82, 2.24) is 10.2 Å². The SMILES string of the molecule is C[C@H](NCCCN1C(=O)c2ccccc2C1=O)C(=O)O. The number of nitrogens with one attached hydrogen (secondary N) is 1. The molecule has 0 spiro atoms. The summed E-state index contributed by atoms with van der Waals surface area (Å²) in [6.07, 6.45) is 0.517. The minimum absolute atomic E-state index is 0.281. The second-order valence-electron chi connectivity index (χ2n) is 4.68. The standard InChI is InChI=1S/C14H16N2O4/c1-9(14(19)20)15-7-4-8-16-12(17)10-5-2-3-6-11(10)13(16)18/h2-3,5-6,9,15H,4,7-8H2,1H3,(H,19,20)/t9-/m0/s1. The summed E-state index contributed by atoms with van der Waals surface area (Å²) in [5.41, 5.74) is 0.869. The van der Waals surface area contributed by atoms with E-state index in [0.29, 0.717) is 24.1 Å². The predicted octanol–water partition coefficient (Wildman–Crippen LogP) is 0.735. The zero-order valence-corrected chi connectivity index (χ0v) is 11.1. The summed E-state index contributed by atoms with van der Waals surface area (Å²) >= 11 is 0. The van der Waals surface area contributed by atoms with Gasteiger partial charge in [0.25, 0.3) is 11.8 Å². The fraction of sp³-hybridized carbons (Fsp3) is 0.357. The van der Waals surface area contributed by atoms with Gasteiger partial charge < -0.3 is 10.4 Å². The summed E-state index contributed by atoms with van der Waals surface area (Å²) in [5, 5.41) is 11.5. The van der Waals surface area contributed by atoms with Crippen LogP contribution < -0.4 is 5.32 Å². The van der Waals surface area contributed by atoms with Crippen LogP contribution in [0.2, 0.25) is 0 Å². The Bertz CT molecular complexity index is 521. The molecule has 106 valence electrons. The summed E-state index contributed by atoms with van der Waals surface area (Å²) in [5.74, 6) is -1.49. The van der Waals surface area contributed by atoms with Crippen molar-refractivity contribution >= 4 is 17.8 Å². The molecule has 2 N–H and O–H groups in total. The number of carboxylic acid groups (broad SMARTS) is 1. The van der Waals surface area contributed by atoms with Gasteiger partial charge in [-0.2, -0.15) is 0 Å². The summed E-state index contributed by atoms with van der Waals surface area (Å²) < 4.78 is 0. The number of amides is 2. The number of imide groups is 1. The highest BCUT2D eigenvalue weighted by molar-refractivity contribution is 6.21. The van der Waals surface area contributed by atoms with Gasteiger partial charge >= 0.3 is 5.97 Å². The smallest absolute Gasteiger partial charge is 0.320 e. The van der Waals surface area contributed by atoms with Crippen molar-refractivity contribution in [3.05, 3.63) is 35.4 Å². The Morgan fingerprint density at radius 2 is 1.80 bits per heavy atom. The number of benzene rings is 1. The molecule has 20 heavy (non-hydrogen) atoms. The Hall–Kier alpha value is -2.21. The molecule has 1 aromatic carbocycles. The molecule has 2 amide bonds. The molecule has 1 aliphatic heterocycles. The van der Waals surface area contributed by atoms with Crippen molar-refractivity contribution in [2.75, 3.05) is 13.1 Å². The van der Waals surface area contributed by atoms with Gasteiger partial charge in [-0.1, -0.05) is 12.1 Å². The normalized spacial score (nSPS) is 15.3. The highest BCUT2D eigenvalue weighted by atomic mass is 16.4. The van der Waals surface area contributed by atoms with Gasteiger partial charge in [0, 0.05) is 6.54 Å². The van der Waals surface area contributed by atoms with Crippen molar-refractivity contribution in [1.29, 1.82) is 0 Å². The van der Waals surface area contributed by atoms with E-state index in [1.807, 2.05) is 0 Å². The van der Waals surface area contributed by atoms with Crippen molar-refractivity contribution in [3.8, 4) is 0 Å². The molecule has 0 bridgehead atoms. The van der Waals surface area contributed by atoms with E-state index in [9.17, 15) is 14.4 Å². The predicted molar refractivity (Wildman–Crippen MR) is 71.5 cm³/mol. The van der Waals surface area contributed by atoms with Crippen LogP contribution in [-0.2, 0) is 4.79 Å². The number of fused-ring (bicyclic) bond motifs is 1. The summed E-state index contributed by atoms with van der Waals surface area (Å²) in [7, 11) is 0. The van der Waals surface area contributed by atoms with E-state index in [0.717, 1.165) is 0 Å². The lowest BCUT2D eigenvalue weighted by molar-refractivity contribution is -0.139. The Morgan fingerprint density at radius 1 is 1.25 bits per heavy atom. The molecular formula is C14H16N2O4. The molecule has 1 atom stereocenters. The lowest BCUT2D eigenvalue weighted by Crippen LogP contribution is -2.37. The Morgan fingerprint density at radius 3 is 2.30 bits per heavy atom. The number of carbonyl (C=O) groups is 3. The number of carbonyl (C=O) groups excluding carboxylic acids is 2. The molecule has 0 aromatic heterocycles. The van der Waals surface area contributed by atoms with Gasteiger partial charge in [-0.05, 0) is 32.0 Å². The van der Waals surface area contributed by atoms with Crippen molar-refractivity contribution in [2.45, 2.75) is 19.4 Å². The first-order valence-electron chi connectivity index (χ1n) is 6.44. The van der Waals surface area contributed by atoms with Crippen molar-refractivity contribution in [2.24, 2.45) is 0 Å². The first kappa shape index (κ1) is 14.2. The molecule has 6 nitrogen and oxygen atoms in total. The first-order valence-corrected chi connectivity index (χ1v) is 6.44. The van der Waals surface area contributed by atoms with Crippen molar-refractivity contribution in [3.63, 3.8) is 0 Å². The molecule has 1 aliphatic rings. The van der Waals surface area contributed by atoms with Gasteiger partial charge in [0.15, 0.2) is 0 Å². The maximum absolute atomic E-state index is 12.0.